The van der Waals surface area contributed by atoms with Crippen LogP contribution in [0.4, 0.5) is 20.5 Å². The van der Waals surface area contributed by atoms with Gasteiger partial charge < -0.3 is 10.2 Å². The summed E-state index contributed by atoms with van der Waals surface area (Å²) in [5.41, 5.74) is 3.62. The van der Waals surface area contributed by atoms with E-state index < -0.39 is 11.6 Å². The number of halogens is 2. The summed E-state index contributed by atoms with van der Waals surface area (Å²) in [5, 5.41) is 4.38. The maximum atomic E-state index is 13.7. The van der Waals surface area contributed by atoms with Crippen molar-refractivity contribution in [1.82, 2.24) is 9.97 Å². The van der Waals surface area contributed by atoms with Crippen molar-refractivity contribution in [3.63, 3.8) is 0 Å². The number of rotatable bonds is 4. The third-order valence-corrected chi connectivity index (χ3v) is 5.43. The highest BCUT2D eigenvalue weighted by molar-refractivity contribution is 5.90. The number of hydrogen-bond donors (Lipinski definition) is 1. The first kappa shape index (κ1) is 18.5. The van der Waals surface area contributed by atoms with Crippen molar-refractivity contribution in [3.8, 4) is 0 Å². The van der Waals surface area contributed by atoms with Crippen molar-refractivity contribution in [3.05, 3.63) is 95.1 Å². The smallest absolute Gasteiger partial charge is 0.228 e. The molecular formula is C24H20F2N4. The molecule has 2 heterocycles. The Morgan fingerprint density at radius 2 is 1.60 bits per heavy atom. The number of aromatic nitrogens is 2. The Balaban J connectivity index is 1.48. The lowest BCUT2D eigenvalue weighted by Crippen LogP contribution is -2.32. The average Bonchev–Trinajstić information content (AvgIpc) is 2.78. The van der Waals surface area contributed by atoms with Gasteiger partial charge in [0.05, 0.1) is 5.52 Å². The van der Waals surface area contributed by atoms with E-state index in [1.165, 1.54) is 12.1 Å². The molecule has 150 valence electrons. The fourth-order valence-corrected chi connectivity index (χ4v) is 3.84. The molecule has 3 aromatic carbocycles. The van der Waals surface area contributed by atoms with Gasteiger partial charge >= 0.3 is 0 Å². The Bertz CT molecular complexity index is 1210. The molecule has 0 saturated heterocycles. The van der Waals surface area contributed by atoms with E-state index in [0.717, 1.165) is 33.4 Å². The van der Waals surface area contributed by atoms with E-state index in [9.17, 15) is 8.78 Å². The van der Waals surface area contributed by atoms with Crippen LogP contribution >= 0.6 is 0 Å². The molecule has 1 aromatic heterocycles. The van der Waals surface area contributed by atoms with Crippen LogP contribution in [0.1, 0.15) is 16.7 Å². The molecule has 0 aliphatic carbocycles. The summed E-state index contributed by atoms with van der Waals surface area (Å²) in [5.74, 6) is -0.271. The Hall–Kier alpha value is -3.54. The molecular weight excluding hydrogens is 382 g/mol. The quantitative estimate of drug-likeness (QED) is 0.517. The maximum Gasteiger partial charge on any atom is 0.228 e. The zero-order valence-corrected chi connectivity index (χ0v) is 16.3. The van der Waals surface area contributed by atoms with Crippen molar-refractivity contribution in [2.75, 3.05) is 16.8 Å². The van der Waals surface area contributed by atoms with Crippen LogP contribution < -0.4 is 10.2 Å². The van der Waals surface area contributed by atoms with Gasteiger partial charge in [0.1, 0.15) is 5.82 Å². The third kappa shape index (κ3) is 3.56. The van der Waals surface area contributed by atoms with Crippen LogP contribution in [0.2, 0.25) is 0 Å². The van der Waals surface area contributed by atoms with Crippen molar-refractivity contribution in [2.24, 2.45) is 0 Å². The molecule has 0 radical (unpaired) electrons. The van der Waals surface area contributed by atoms with Gasteiger partial charge in [-0.2, -0.15) is 4.98 Å². The number of nitrogens with zero attached hydrogens (tertiary/aromatic N) is 3. The summed E-state index contributed by atoms with van der Waals surface area (Å²) in [6, 6.07) is 20.6. The standard InChI is InChI=1S/C24H20F2N4/c25-20-12-17-10-11-30(15-18(17)13-21(20)26)24-28-22-9-5-4-8-19(22)23(29-24)27-14-16-6-2-1-3-7-16/h1-9,12-13H,10-11,14-15H2,(H,27,28,29). The van der Waals surface area contributed by atoms with E-state index in [-0.39, 0.29) is 0 Å². The SMILES string of the molecule is Fc1cc2c(cc1F)CN(c1nc(NCc3ccccc3)c3ccccc3n1)CC2. The summed E-state index contributed by atoms with van der Waals surface area (Å²) in [7, 11) is 0. The van der Waals surface area contributed by atoms with Crippen LogP contribution in [0.15, 0.2) is 66.7 Å². The second kappa shape index (κ2) is 7.71. The molecule has 5 rings (SSSR count). The first-order valence-electron chi connectivity index (χ1n) is 9.94. The van der Waals surface area contributed by atoms with Gasteiger partial charge in [0.15, 0.2) is 11.6 Å². The van der Waals surface area contributed by atoms with Gasteiger partial charge in [0.2, 0.25) is 5.95 Å². The van der Waals surface area contributed by atoms with Gasteiger partial charge in [-0.3, -0.25) is 0 Å². The lowest BCUT2D eigenvalue weighted by molar-refractivity contribution is 0.502. The molecule has 1 aliphatic rings. The molecule has 6 heteroatoms. The van der Waals surface area contributed by atoms with Crippen LogP contribution in [0, 0.1) is 11.6 Å². The Kier molecular flexibility index (Phi) is 4.75. The molecule has 0 spiro atoms. The first-order chi connectivity index (χ1) is 14.7. The number of para-hydroxylation sites is 1. The van der Waals surface area contributed by atoms with Crippen LogP contribution in [-0.2, 0) is 19.5 Å². The lowest BCUT2D eigenvalue weighted by Gasteiger charge is -2.29. The average molecular weight is 402 g/mol. The highest BCUT2D eigenvalue weighted by Crippen LogP contribution is 2.28. The minimum Gasteiger partial charge on any atom is -0.365 e. The van der Waals surface area contributed by atoms with Gasteiger partial charge in [-0.05, 0) is 47.4 Å². The number of hydrogen-bond acceptors (Lipinski definition) is 4. The molecule has 1 aliphatic heterocycles. The highest BCUT2D eigenvalue weighted by Gasteiger charge is 2.22. The van der Waals surface area contributed by atoms with Crippen molar-refractivity contribution in [2.45, 2.75) is 19.5 Å². The molecule has 0 atom stereocenters. The predicted molar refractivity (Wildman–Crippen MR) is 114 cm³/mol. The zero-order valence-electron chi connectivity index (χ0n) is 16.3. The molecule has 30 heavy (non-hydrogen) atoms. The van der Waals surface area contributed by atoms with Crippen molar-refractivity contribution < 1.29 is 8.78 Å². The zero-order chi connectivity index (χ0) is 20.5. The largest absolute Gasteiger partial charge is 0.365 e. The summed E-state index contributed by atoms with van der Waals surface area (Å²) in [4.78, 5) is 11.5. The molecule has 0 bridgehead atoms. The predicted octanol–water partition coefficient (Wildman–Crippen LogP) is 5.08. The molecule has 4 nitrogen and oxygen atoms in total. The van der Waals surface area contributed by atoms with Gasteiger partial charge in [0.25, 0.3) is 0 Å². The Morgan fingerprint density at radius 1 is 0.867 bits per heavy atom. The number of anilines is 2. The van der Waals surface area contributed by atoms with E-state index in [2.05, 4.69) is 17.4 Å². The highest BCUT2D eigenvalue weighted by atomic mass is 19.2. The normalized spacial score (nSPS) is 13.3. The van der Waals surface area contributed by atoms with Crippen molar-refractivity contribution in [1.29, 1.82) is 0 Å². The van der Waals surface area contributed by atoms with E-state index in [0.29, 0.717) is 32.0 Å². The van der Waals surface area contributed by atoms with Crippen molar-refractivity contribution >= 4 is 22.7 Å². The van der Waals surface area contributed by atoms with Gasteiger partial charge in [-0.25, -0.2) is 13.8 Å². The minimum absolute atomic E-state index is 0.447. The van der Waals surface area contributed by atoms with E-state index in [1.54, 1.807) is 0 Å². The minimum atomic E-state index is -0.819. The van der Waals surface area contributed by atoms with E-state index in [1.807, 2.05) is 47.4 Å². The molecule has 0 unspecified atom stereocenters. The van der Waals surface area contributed by atoms with Crippen LogP contribution in [0.25, 0.3) is 10.9 Å². The second-order valence-electron chi connectivity index (χ2n) is 7.44. The van der Waals surface area contributed by atoms with E-state index >= 15 is 0 Å². The topological polar surface area (TPSA) is 41.1 Å². The fraction of sp³-hybridized carbons (Fsp3) is 0.167. The molecule has 0 amide bonds. The van der Waals surface area contributed by atoms with Crippen LogP contribution in [-0.4, -0.2) is 16.5 Å². The third-order valence-electron chi connectivity index (χ3n) is 5.43. The second-order valence-corrected chi connectivity index (χ2v) is 7.44. The molecule has 1 N–H and O–H groups in total. The monoisotopic (exact) mass is 402 g/mol. The molecule has 4 aromatic rings. The van der Waals surface area contributed by atoms with E-state index in [4.69, 9.17) is 9.97 Å². The lowest BCUT2D eigenvalue weighted by atomic mass is 9.99. The summed E-state index contributed by atoms with van der Waals surface area (Å²) >= 11 is 0. The summed E-state index contributed by atoms with van der Waals surface area (Å²) in [6.45, 7) is 1.74. The molecule has 0 saturated carbocycles. The maximum absolute atomic E-state index is 13.7. The number of fused-ring (bicyclic) bond motifs is 2. The first-order valence-corrected chi connectivity index (χ1v) is 9.94. The van der Waals surface area contributed by atoms with Crippen LogP contribution in [0.3, 0.4) is 0 Å². The number of nitrogens with one attached hydrogen (secondary N) is 1. The Morgan fingerprint density at radius 3 is 2.43 bits per heavy atom. The number of benzene rings is 3. The summed E-state index contributed by atoms with van der Waals surface area (Å²) < 4.78 is 27.3. The van der Waals surface area contributed by atoms with Gasteiger partial charge in [-0.15, -0.1) is 0 Å². The van der Waals surface area contributed by atoms with Gasteiger partial charge in [-0.1, -0.05) is 42.5 Å². The summed E-state index contributed by atoms with van der Waals surface area (Å²) in [6.07, 6.45) is 0.621. The fourth-order valence-electron chi connectivity index (χ4n) is 3.84. The Labute approximate surface area is 173 Å². The molecule has 0 fully saturated rings. The van der Waals surface area contributed by atoms with Crippen LogP contribution in [0.5, 0.6) is 0 Å². The van der Waals surface area contributed by atoms with Gasteiger partial charge in [0, 0.05) is 25.0 Å².